The second-order valence-corrected chi connectivity index (χ2v) is 6.02. The van der Waals surface area contributed by atoms with Gasteiger partial charge in [0.25, 0.3) is 0 Å². The molecule has 2 aliphatic heterocycles. The molecule has 2 aliphatic rings. The Kier molecular flexibility index (Phi) is 2.23. The fourth-order valence-electron chi connectivity index (χ4n) is 3.42. The van der Waals surface area contributed by atoms with E-state index in [-0.39, 0.29) is 0 Å². The highest BCUT2D eigenvalue weighted by molar-refractivity contribution is 5.88. The third-order valence-corrected chi connectivity index (χ3v) is 4.52. The SMILES string of the molecule is C1=CC2(Cc3ccccc3N2)Oc2cc3ccccc3cc21. The van der Waals surface area contributed by atoms with Gasteiger partial charge < -0.3 is 10.1 Å². The third-order valence-electron chi connectivity index (χ3n) is 4.52. The number of para-hydroxylation sites is 1. The van der Waals surface area contributed by atoms with Crippen LogP contribution in [0.25, 0.3) is 16.8 Å². The minimum atomic E-state index is -0.445. The molecule has 1 atom stereocenters. The molecule has 3 aromatic carbocycles. The number of ether oxygens (including phenoxy) is 1. The Labute approximate surface area is 129 Å². The van der Waals surface area contributed by atoms with Gasteiger partial charge in [-0.2, -0.15) is 0 Å². The van der Waals surface area contributed by atoms with Gasteiger partial charge in [0.2, 0.25) is 5.72 Å². The average molecular weight is 285 g/mol. The zero-order chi connectivity index (χ0) is 14.6. The van der Waals surface area contributed by atoms with Gasteiger partial charge in [-0.05, 0) is 46.7 Å². The van der Waals surface area contributed by atoms with Gasteiger partial charge in [-0.25, -0.2) is 0 Å². The quantitative estimate of drug-likeness (QED) is 0.651. The van der Waals surface area contributed by atoms with E-state index in [1.165, 1.54) is 16.3 Å². The first kappa shape index (κ1) is 11.9. The van der Waals surface area contributed by atoms with Crippen LogP contribution in [-0.4, -0.2) is 5.72 Å². The first-order valence-corrected chi connectivity index (χ1v) is 7.59. The normalized spacial score (nSPS) is 21.3. The lowest BCUT2D eigenvalue weighted by atomic mass is 9.99. The Morgan fingerprint density at radius 2 is 1.68 bits per heavy atom. The molecule has 2 heteroatoms. The number of rotatable bonds is 0. The lowest BCUT2D eigenvalue weighted by Crippen LogP contribution is -2.41. The zero-order valence-electron chi connectivity index (χ0n) is 12.0. The number of nitrogens with one attached hydrogen (secondary N) is 1. The van der Waals surface area contributed by atoms with Gasteiger partial charge in [-0.1, -0.05) is 42.5 Å². The molecule has 0 amide bonds. The Hall–Kier alpha value is -2.74. The molecular formula is C20H15NO. The van der Waals surface area contributed by atoms with Gasteiger partial charge in [-0.15, -0.1) is 0 Å². The first-order chi connectivity index (χ1) is 10.8. The standard InChI is InChI=1S/C20H15NO/c1-2-6-15-12-19-16(11-14(15)5-1)9-10-20(22-19)13-17-7-3-4-8-18(17)21-20/h1-12,21H,13H2. The fraction of sp³-hybridized carbons (Fsp3) is 0.100. The number of hydrogen-bond acceptors (Lipinski definition) is 2. The van der Waals surface area contributed by atoms with Crippen molar-refractivity contribution in [2.45, 2.75) is 12.1 Å². The molecule has 0 saturated carbocycles. The Morgan fingerprint density at radius 3 is 2.55 bits per heavy atom. The van der Waals surface area contributed by atoms with Gasteiger partial charge in [0, 0.05) is 17.7 Å². The van der Waals surface area contributed by atoms with Gasteiger partial charge >= 0.3 is 0 Å². The lowest BCUT2D eigenvalue weighted by molar-refractivity contribution is 0.156. The van der Waals surface area contributed by atoms with E-state index in [0.717, 1.165) is 23.4 Å². The maximum atomic E-state index is 6.37. The summed E-state index contributed by atoms with van der Waals surface area (Å²) in [6.45, 7) is 0. The molecule has 0 radical (unpaired) electrons. The second kappa shape index (κ2) is 4.14. The summed E-state index contributed by atoms with van der Waals surface area (Å²) in [5.74, 6) is 0.946. The highest BCUT2D eigenvalue weighted by Gasteiger charge is 2.38. The predicted molar refractivity (Wildman–Crippen MR) is 90.1 cm³/mol. The Balaban J connectivity index is 1.60. The van der Waals surface area contributed by atoms with Gasteiger partial charge in [-0.3, -0.25) is 0 Å². The summed E-state index contributed by atoms with van der Waals surface area (Å²) in [7, 11) is 0. The summed E-state index contributed by atoms with van der Waals surface area (Å²) in [6, 6.07) is 21.1. The molecule has 2 heterocycles. The Morgan fingerprint density at radius 1 is 0.909 bits per heavy atom. The van der Waals surface area contributed by atoms with Crippen LogP contribution in [0.5, 0.6) is 5.75 Å². The van der Waals surface area contributed by atoms with E-state index in [4.69, 9.17) is 4.74 Å². The van der Waals surface area contributed by atoms with E-state index in [1.54, 1.807) is 0 Å². The van der Waals surface area contributed by atoms with Crippen LogP contribution in [0, 0.1) is 0 Å². The molecule has 0 aromatic heterocycles. The summed E-state index contributed by atoms with van der Waals surface area (Å²) in [6.07, 6.45) is 5.17. The van der Waals surface area contributed by atoms with E-state index >= 15 is 0 Å². The first-order valence-electron chi connectivity index (χ1n) is 7.59. The maximum absolute atomic E-state index is 6.37. The van der Waals surface area contributed by atoms with Crippen LogP contribution in [-0.2, 0) is 6.42 Å². The number of hydrogen-bond donors (Lipinski definition) is 1. The van der Waals surface area contributed by atoms with Crippen molar-refractivity contribution < 1.29 is 4.74 Å². The third kappa shape index (κ3) is 1.67. The maximum Gasteiger partial charge on any atom is 0.204 e. The van der Waals surface area contributed by atoms with Crippen LogP contribution in [0.4, 0.5) is 5.69 Å². The van der Waals surface area contributed by atoms with Crippen LogP contribution in [0.15, 0.2) is 66.7 Å². The second-order valence-electron chi connectivity index (χ2n) is 6.02. The molecule has 106 valence electrons. The molecule has 0 bridgehead atoms. The molecule has 1 N–H and O–H groups in total. The minimum Gasteiger partial charge on any atom is -0.464 e. The molecule has 3 aromatic rings. The molecule has 1 spiro atoms. The number of benzene rings is 3. The molecule has 0 saturated heterocycles. The molecule has 1 unspecified atom stereocenters. The summed E-state index contributed by atoms with van der Waals surface area (Å²) >= 11 is 0. The molecule has 22 heavy (non-hydrogen) atoms. The highest BCUT2D eigenvalue weighted by Crippen LogP contribution is 2.40. The summed E-state index contributed by atoms with van der Waals surface area (Å²) in [5, 5.41) is 5.98. The van der Waals surface area contributed by atoms with Gasteiger partial charge in [0.1, 0.15) is 5.75 Å². The van der Waals surface area contributed by atoms with Crippen molar-refractivity contribution in [3.8, 4) is 5.75 Å². The lowest BCUT2D eigenvalue weighted by Gasteiger charge is -2.32. The fourth-order valence-corrected chi connectivity index (χ4v) is 3.42. The topological polar surface area (TPSA) is 21.3 Å². The van der Waals surface area contributed by atoms with E-state index < -0.39 is 5.72 Å². The Bertz CT molecular complexity index is 901. The van der Waals surface area contributed by atoms with E-state index in [1.807, 2.05) is 0 Å². The van der Waals surface area contributed by atoms with Crippen LogP contribution >= 0.6 is 0 Å². The largest absolute Gasteiger partial charge is 0.464 e. The average Bonchev–Trinajstić information content (AvgIpc) is 2.90. The van der Waals surface area contributed by atoms with Crippen molar-refractivity contribution in [2.75, 3.05) is 5.32 Å². The van der Waals surface area contributed by atoms with Gasteiger partial charge in [0.15, 0.2) is 0 Å². The van der Waals surface area contributed by atoms with Gasteiger partial charge in [0.05, 0.1) is 0 Å². The van der Waals surface area contributed by atoms with Crippen molar-refractivity contribution in [2.24, 2.45) is 0 Å². The summed E-state index contributed by atoms with van der Waals surface area (Å²) < 4.78 is 6.37. The molecular weight excluding hydrogens is 270 g/mol. The van der Waals surface area contributed by atoms with Crippen LogP contribution in [0.1, 0.15) is 11.1 Å². The van der Waals surface area contributed by atoms with Crippen LogP contribution in [0.3, 0.4) is 0 Å². The van der Waals surface area contributed by atoms with E-state index in [0.29, 0.717) is 0 Å². The molecule has 0 fully saturated rings. The molecule has 2 nitrogen and oxygen atoms in total. The van der Waals surface area contributed by atoms with Crippen molar-refractivity contribution in [1.29, 1.82) is 0 Å². The van der Waals surface area contributed by atoms with Crippen molar-refractivity contribution >= 4 is 22.5 Å². The van der Waals surface area contributed by atoms with Crippen molar-refractivity contribution in [3.63, 3.8) is 0 Å². The van der Waals surface area contributed by atoms with Crippen molar-refractivity contribution in [1.82, 2.24) is 0 Å². The van der Waals surface area contributed by atoms with Crippen molar-refractivity contribution in [3.05, 3.63) is 77.9 Å². The summed E-state index contributed by atoms with van der Waals surface area (Å²) in [5.41, 5.74) is 3.16. The number of anilines is 1. The molecule has 0 aliphatic carbocycles. The van der Waals surface area contributed by atoms with E-state index in [2.05, 4.69) is 78.1 Å². The summed E-state index contributed by atoms with van der Waals surface area (Å²) in [4.78, 5) is 0. The molecule has 5 rings (SSSR count). The zero-order valence-corrected chi connectivity index (χ0v) is 12.0. The minimum absolute atomic E-state index is 0.445. The van der Waals surface area contributed by atoms with E-state index in [9.17, 15) is 0 Å². The van der Waals surface area contributed by atoms with Crippen LogP contribution in [0.2, 0.25) is 0 Å². The monoisotopic (exact) mass is 285 g/mol. The predicted octanol–water partition coefficient (Wildman–Crippen LogP) is 4.61. The smallest absolute Gasteiger partial charge is 0.204 e. The highest BCUT2D eigenvalue weighted by atomic mass is 16.5. The number of fused-ring (bicyclic) bond motifs is 3. The van der Waals surface area contributed by atoms with Crippen LogP contribution < -0.4 is 10.1 Å².